The number of anilines is 1. The molecule has 6 heteroatoms. The van der Waals surface area contributed by atoms with Crippen molar-refractivity contribution < 1.29 is 14.7 Å². The third kappa shape index (κ3) is 3.33. The van der Waals surface area contributed by atoms with E-state index in [4.69, 9.17) is 16.7 Å². The summed E-state index contributed by atoms with van der Waals surface area (Å²) in [5.74, 6) is -1.44. The predicted molar refractivity (Wildman–Crippen MR) is 75.1 cm³/mol. The van der Waals surface area contributed by atoms with Gasteiger partial charge in [0.2, 0.25) is 5.91 Å². The van der Waals surface area contributed by atoms with Gasteiger partial charge in [0.25, 0.3) is 0 Å². The fourth-order valence-corrected chi connectivity index (χ4v) is 2.54. The number of hydrogen-bond acceptors (Lipinski definition) is 3. The lowest BCUT2D eigenvalue weighted by molar-refractivity contribution is -0.115. The molecule has 0 unspecified atom stereocenters. The van der Waals surface area contributed by atoms with Crippen LogP contribution in [0, 0.1) is 0 Å². The number of rotatable bonds is 4. The van der Waals surface area contributed by atoms with E-state index in [0.717, 1.165) is 5.56 Å². The van der Waals surface area contributed by atoms with Crippen LogP contribution in [0.5, 0.6) is 0 Å². The third-order valence-electron chi connectivity index (χ3n) is 2.45. The number of aromatic carboxylic acids is 1. The standard InChI is InChI=1S/C13H10ClNO3S/c14-9-2-1-3-10(12(9)13(17)18)15-11(16)6-8-4-5-19-7-8/h1-5,7H,6H2,(H,15,16)(H,17,18). The summed E-state index contributed by atoms with van der Waals surface area (Å²) >= 11 is 7.32. The first kappa shape index (κ1) is 13.6. The molecule has 1 aromatic carbocycles. The van der Waals surface area contributed by atoms with Crippen molar-refractivity contribution in [2.24, 2.45) is 0 Å². The third-order valence-corrected chi connectivity index (χ3v) is 3.49. The van der Waals surface area contributed by atoms with Crippen LogP contribution in [-0.4, -0.2) is 17.0 Å². The average Bonchev–Trinajstić information content (AvgIpc) is 2.81. The number of nitrogens with one attached hydrogen (secondary N) is 1. The van der Waals surface area contributed by atoms with Crippen LogP contribution in [0.4, 0.5) is 5.69 Å². The zero-order valence-electron chi connectivity index (χ0n) is 9.72. The zero-order valence-corrected chi connectivity index (χ0v) is 11.3. The molecule has 0 spiro atoms. The van der Waals surface area contributed by atoms with E-state index in [-0.39, 0.29) is 28.6 Å². The van der Waals surface area contributed by atoms with Crippen molar-refractivity contribution in [3.63, 3.8) is 0 Å². The van der Waals surface area contributed by atoms with Crippen molar-refractivity contribution in [2.45, 2.75) is 6.42 Å². The van der Waals surface area contributed by atoms with Crippen molar-refractivity contribution in [3.05, 3.63) is 51.2 Å². The molecule has 98 valence electrons. The number of halogens is 1. The monoisotopic (exact) mass is 295 g/mol. The van der Waals surface area contributed by atoms with Crippen LogP contribution in [0.15, 0.2) is 35.0 Å². The summed E-state index contributed by atoms with van der Waals surface area (Å²) < 4.78 is 0. The quantitative estimate of drug-likeness (QED) is 0.909. The van der Waals surface area contributed by atoms with Crippen LogP contribution >= 0.6 is 22.9 Å². The Morgan fingerprint density at radius 2 is 2.11 bits per heavy atom. The predicted octanol–water partition coefficient (Wildman–Crippen LogP) is 3.28. The number of amides is 1. The summed E-state index contributed by atoms with van der Waals surface area (Å²) in [4.78, 5) is 22.9. The lowest BCUT2D eigenvalue weighted by Gasteiger charge is -2.09. The number of carbonyl (C=O) groups excluding carboxylic acids is 1. The molecular formula is C13H10ClNO3S. The molecular weight excluding hydrogens is 286 g/mol. The Hall–Kier alpha value is -1.85. The van der Waals surface area contributed by atoms with Gasteiger partial charge in [-0.25, -0.2) is 4.79 Å². The van der Waals surface area contributed by atoms with Crippen molar-refractivity contribution >= 4 is 40.5 Å². The minimum Gasteiger partial charge on any atom is -0.478 e. The van der Waals surface area contributed by atoms with Crippen molar-refractivity contribution in [3.8, 4) is 0 Å². The van der Waals surface area contributed by atoms with E-state index >= 15 is 0 Å². The topological polar surface area (TPSA) is 66.4 Å². The Kier molecular flexibility index (Phi) is 4.19. The van der Waals surface area contributed by atoms with E-state index in [2.05, 4.69) is 5.32 Å². The fourth-order valence-electron chi connectivity index (χ4n) is 1.62. The van der Waals surface area contributed by atoms with Crippen molar-refractivity contribution in [1.29, 1.82) is 0 Å². The highest BCUT2D eigenvalue weighted by molar-refractivity contribution is 7.08. The second-order valence-electron chi connectivity index (χ2n) is 3.82. The molecule has 0 saturated heterocycles. The number of thiophene rings is 1. The highest BCUT2D eigenvalue weighted by Crippen LogP contribution is 2.24. The molecule has 19 heavy (non-hydrogen) atoms. The molecule has 1 aromatic heterocycles. The second-order valence-corrected chi connectivity index (χ2v) is 5.01. The number of carbonyl (C=O) groups is 2. The highest BCUT2D eigenvalue weighted by Gasteiger charge is 2.16. The van der Waals surface area contributed by atoms with Gasteiger partial charge in [0, 0.05) is 0 Å². The van der Waals surface area contributed by atoms with Crippen LogP contribution in [0.25, 0.3) is 0 Å². The van der Waals surface area contributed by atoms with E-state index in [1.807, 2.05) is 16.8 Å². The van der Waals surface area contributed by atoms with Crippen LogP contribution in [0.1, 0.15) is 15.9 Å². The van der Waals surface area contributed by atoms with Gasteiger partial charge in [0.05, 0.1) is 17.1 Å². The van der Waals surface area contributed by atoms with Gasteiger partial charge in [-0.15, -0.1) is 0 Å². The molecule has 0 aliphatic heterocycles. The van der Waals surface area contributed by atoms with Gasteiger partial charge < -0.3 is 10.4 Å². The average molecular weight is 296 g/mol. The summed E-state index contributed by atoms with van der Waals surface area (Å²) in [6.07, 6.45) is 0.203. The minimum atomic E-state index is -1.17. The molecule has 2 N–H and O–H groups in total. The SMILES string of the molecule is O=C(Cc1ccsc1)Nc1cccc(Cl)c1C(=O)O. The maximum absolute atomic E-state index is 11.8. The molecule has 0 aliphatic carbocycles. The van der Waals surface area contributed by atoms with E-state index in [1.165, 1.54) is 23.5 Å². The summed E-state index contributed by atoms with van der Waals surface area (Å²) in [6.45, 7) is 0. The van der Waals surface area contributed by atoms with E-state index < -0.39 is 5.97 Å². The van der Waals surface area contributed by atoms with Crippen LogP contribution in [0.3, 0.4) is 0 Å². The molecule has 0 fully saturated rings. The van der Waals surface area contributed by atoms with Gasteiger partial charge in [-0.1, -0.05) is 17.7 Å². The lowest BCUT2D eigenvalue weighted by Crippen LogP contribution is -2.16. The number of carboxylic acid groups (broad SMARTS) is 1. The summed E-state index contributed by atoms with van der Waals surface area (Å²) in [7, 11) is 0. The molecule has 0 radical (unpaired) electrons. The first-order valence-electron chi connectivity index (χ1n) is 5.40. The van der Waals surface area contributed by atoms with Gasteiger partial charge in [-0.3, -0.25) is 4.79 Å². The van der Waals surface area contributed by atoms with Gasteiger partial charge in [0.15, 0.2) is 0 Å². The highest BCUT2D eigenvalue weighted by atomic mass is 35.5. The van der Waals surface area contributed by atoms with E-state index in [0.29, 0.717) is 0 Å². The molecule has 0 saturated carbocycles. The van der Waals surface area contributed by atoms with Gasteiger partial charge in [-0.2, -0.15) is 11.3 Å². The van der Waals surface area contributed by atoms with Crippen LogP contribution < -0.4 is 5.32 Å². The van der Waals surface area contributed by atoms with Gasteiger partial charge in [-0.05, 0) is 34.5 Å². The van der Waals surface area contributed by atoms with E-state index in [9.17, 15) is 9.59 Å². The maximum Gasteiger partial charge on any atom is 0.339 e. The van der Waals surface area contributed by atoms with Crippen LogP contribution in [0.2, 0.25) is 5.02 Å². The Morgan fingerprint density at radius 3 is 2.74 bits per heavy atom. The molecule has 0 bridgehead atoms. The minimum absolute atomic E-state index is 0.0946. The number of hydrogen-bond donors (Lipinski definition) is 2. The molecule has 4 nitrogen and oxygen atoms in total. The lowest BCUT2D eigenvalue weighted by atomic mass is 10.1. The van der Waals surface area contributed by atoms with Crippen LogP contribution in [-0.2, 0) is 11.2 Å². The first-order valence-corrected chi connectivity index (χ1v) is 6.72. The normalized spacial score (nSPS) is 10.2. The number of carboxylic acids is 1. The largest absolute Gasteiger partial charge is 0.478 e. The zero-order chi connectivity index (χ0) is 13.8. The maximum atomic E-state index is 11.8. The van der Waals surface area contributed by atoms with Crippen molar-refractivity contribution in [1.82, 2.24) is 0 Å². The first-order chi connectivity index (χ1) is 9.08. The Bertz CT molecular complexity index is 610. The van der Waals surface area contributed by atoms with E-state index in [1.54, 1.807) is 6.07 Å². The molecule has 1 heterocycles. The van der Waals surface area contributed by atoms with Crippen molar-refractivity contribution in [2.75, 3.05) is 5.32 Å². The van der Waals surface area contributed by atoms with Gasteiger partial charge in [0.1, 0.15) is 5.56 Å². The fraction of sp³-hybridized carbons (Fsp3) is 0.0769. The smallest absolute Gasteiger partial charge is 0.339 e. The Labute approximate surface area is 118 Å². The molecule has 2 rings (SSSR count). The summed E-state index contributed by atoms with van der Waals surface area (Å²) in [5, 5.41) is 15.5. The molecule has 0 aliphatic rings. The second kappa shape index (κ2) is 5.86. The summed E-state index contributed by atoms with van der Waals surface area (Å²) in [5.41, 5.74) is 1.00. The molecule has 2 aromatic rings. The Balaban J connectivity index is 2.17. The molecule has 0 atom stereocenters. The summed E-state index contributed by atoms with van der Waals surface area (Å²) in [6, 6.07) is 6.43. The molecule has 1 amide bonds. The van der Waals surface area contributed by atoms with Gasteiger partial charge >= 0.3 is 5.97 Å². The Morgan fingerprint density at radius 1 is 1.32 bits per heavy atom. The number of benzene rings is 1.